The molecule has 6 heteroatoms. The lowest BCUT2D eigenvalue weighted by molar-refractivity contribution is -0.160. The third-order valence-electron chi connectivity index (χ3n) is 3.72. The summed E-state index contributed by atoms with van der Waals surface area (Å²) in [6.45, 7) is 0. The van der Waals surface area contributed by atoms with E-state index in [4.69, 9.17) is 10.2 Å². The molecule has 4 atom stereocenters. The molecule has 0 aromatic rings. The Bertz CT molecular complexity index is 334. The van der Waals surface area contributed by atoms with Crippen LogP contribution in [0.15, 0.2) is 0 Å². The summed E-state index contributed by atoms with van der Waals surface area (Å²) >= 11 is 0. The third kappa shape index (κ3) is 1.33. The maximum Gasteiger partial charge on any atom is 0.315 e. The molecule has 0 aromatic carbocycles. The summed E-state index contributed by atoms with van der Waals surface area (Å²) in [7, 11) is 1.70. The summed E-state index contributed by atoms with van der Waals surface area (Å²) in [5, 5.41) is 18.0. The molecule has 0 aliphatic carbocycles. The Balaban J connectivity index is 2.40. The van der Waals surface area contributed by atoms with Gasteiger partial charge in [-0.2, -0.15) is 0 Å². The average molecular weight is 227 g/mol. The number of rotatable bonds is 2. The van der Waals surface area contributed by atoms with Gasteiger partial charge in [-0.05, 0) is 19.9 Å². The topological polar surface area (TPSA) is 94.9 Å². The van der Waals surface area contributed by atoms with E-state index in [1.807, 2.05) is 0 Å². The molecule has 2 N–H and O–H groups in total. The van der Waals surface area contributed by atoms with Crippen molar-refractivity contribution in [3.05, 3.63) is 0 Å². The Kier molecular flexibility index (Phi) is 2.46. The molecule has 0 amide bonds. The van der Waals surface area contributed by atoms with Crippen LogP contribution in [-0.2, 0) is 14.4 Å². The Morgan fingerprint density at radius 2 is 1.50 bits per heavy atom. The molecule has 0 spiro atoms. The van der Waals surface area contributed by atoms with Crippen molar-refractivity contribution in [3.8, 4) is 0 Å². The quantitative estimate of drug-likeness (QED) is 0.614. The molecule has 2 heterocycles. The Labute approximate surface area is 91.8 Å². The average Bonchev–Trinajstić information content (AvgIpc) is 2.46. The first-order valence-corrected chi connectivity index (χ1v) is 5.16. The summed E-state index contributed by atoms with van der Waals surface area (Å²) in [6.07, 6.45) is 1.15. The van der Waals surface area contributed by atoms with Crippen LogP contribution < -0.4 is 0 Å². The number of aliphatic carboxylic acids is 2. The second kappa shape index (κ2) is 3.55. The highest BCUT2D eigenvalue weighted by molar-refractivity contribution is 6.09. The van der Waals surface area contributed by atoms with E-state index in [1.165, 1.54) is 0 Å². The molecule has 88 valence electrons. The molecule has 0 unspecified atom stereocenters. The van der Waals surface area contributed by atoms with Crippen LogP contribution >= 0.6 is 0 Å². The van der Waals surface area contributed by atoms with Gasteiger partial charge in [0.15, 0.2) is 5.78 Å². The van der Waals surface area contributed by atoms with E-state index in [0.717, 1.165) is 0 Å². The number of carboxylic acids is 2. The SMILES string of the molecule is CN1[C@@H]2CC[C@H]1[C@@H](C(=O)O)C(=O)[C@H]2C(=O)O. The smallest absolute Gasteiger partial charge is 0.315 e. The van der Waals surface area contributed by atoms with Crippen LogP contribution in [-0.4, -0.2) is 52.0 Å². The normalized spacial score (nSPS) is 38.7. The number of piperidine rings is 1. The van der Waals surface area contributed by atoms with Crippen molar-refractivity contribution >= 4 is 17.7 Å². The van der Waals surface area contributed by atoms with Crippen molar-refractivity contribution < 1.29 is 24.6 Å². The Morgan fingerprint density at radius 3 is 1.81 bits per heavy atom. The number of carbonyl (C=O) groups excluding carboxylic acids is 1. The fourth-order valence-electron chi connectivity index (χ4n) is 2.94. The number of hydrogen-bond donors (Lipinski definition) is 2. The zero-order valence-corrected chi connectivity index (χ0v) is 8.79. The van der Waals surface area contributed by atoms with Crippen LogP contribution in [0.1, 0.15) is 12.8 Å². The predicted molar refractivity (Wildman–Crippen MR) is 51.8 cm³/mol. The molecule has 2 fully saturated rings. The predicted octanol–water partition coefficient (Wildman–Crippen LogP) is -0.566. The minimum Gasteiger partial charge on any atom is -0.481 e. The zero-order chi connectivity index (χ0) is 12.0. The highest BCUT2D eigenvalue weighted by atomic mass is 16.4. The summed E-state index contributed by atoms with van der Waals surface area (Å²) in [4.78, 5) is 35.6. The summed E-state index contributed by atoms with van der Waals surface area (Å²) < 4.78 is 0. The van der Waals surface area contributed by atoms with Crippen molar-refractivity contribution in [2.24, 2.45) is 11.8 Å². The van der Waals surface area contributed by atoms with Gasteiger partial charge in [-0.1, -0.05) is 0 Å². The molecule has 0 aromatic heterocycles. The van der Waals surface area contributed by atoms with Crippen LogP contribution in [0.25, 0.3) is 0 Å². The minimum atomic E-state index is -1.21. The molecule has 16 heavy (non-hydrogen) atoms. The first-order valence-electron chi connectivity index (χ1n) is 5.16. The Morgan fingerprint density at radius 1 is 1.12 bits per heavy atom. The van der Waals surface area contributed by atoms with Crippen molar-refractivity contribution in [1.82, 2.24) is 4.90 Å². The lowest BCUT2D eigenvalue weighted by Crippen LogP contribution is -2.57. The van der Waals surface area contributed by atoms with Gasteiger partial charge >= 0.3 is 11.9 Å². The van der Waals surface area contributed by atoms with Gasteiger partial charge in [0, 0.05) is 12.1 Å². The number of nitrogens with zero attached hydrogens (tertiary/aromatic N) is 1. The highest BCUT2D eigenvalue weighted by Gasteiger charge is 2.56. The summed E-state index contributed by atoms with van der Waals surface area (Å²) in [5.41, 5.74) is 0. The van der Waals surface area contributed by atoms with Crippen LogP contribution in [0.2, 0.25) is 0 Å². The maximum atomic E-state index is 11.8. The molecular formula is C10H13NO5. The number of carbonyl (C=O) groups is 3. The van der Waals surface area contributed by atoms with Crippen molar-refractivity contribution in [1.29, 1.82) is 0 Å². The molecule has 2 aliphatic rings. The van der Waals surface area contributed by atoms with Crippen molar-refractivity contribution in [2.75, 3.05) is 7.05 Å². The molecule has 0 saturated carbocycles. The van der Waals surface area contributed by atoms with Gasteiger partial charge in [0.2, 0.25) is 0 Å². The van der Waals surface area contributed by atoms with E-state index in [0.29, 0.717) is 12.8 Å². The van der Waals surface area contributed by atoms with E-state index in [-0.39, 0.29) is 12.1 Å². The number of hydrogen-bond acceptors (Lipinski definition) is 4. The van der Waals surface area contributed by atoms with Crippen LogP contribution in [0.3, 0.4) is 0 Å². The molecule has 2 aliphatic heterocycles. The van der Waals surface area contributed by atoms with Gasteiger partial charge in [0.1, 0.15) is 11.8 Å². The fourth-order valence-corrected chi connectivity index (χ4v) is 2.94. The molecule has 2 bridgehead atoms. The Hall–Kier alpha value is -1.43. The van der Waals surface area contributed by atoms with E-state index < -0.39 is 29.6 Å². The summed E-state index contributed by atoms with van der Waals surface area (Å²) in [6, 6.07) is -0.684. The molecule has 2 saturated heterocycles. The number of carboxylic acid groups (broad SMARTS) is 2. The largest absolute Gasteiger partial charge is 0.481 e. The van der Waals surface area contributed by atoms with Gasteiger partial charge in [-0.3, -0.25) is 19.3 Å². The number of fused-ring (bicyclic) bond motifs is 2. The monoisotopic (exact) mass is 227 g/mol. The lowest BCUT2D eigenvalue weighted by atomic mass is 9.81. The minimum absolute atomic E-state index is 0.342. The van der Waals surface area contributed by atoms with Crippen LogP contribution in [0.4, 0.5) is 0 Å². The molecule has 0 radical (unpaired) electrons. The van der Waals surface area contributed by atoms with Crippen molar-refractivity contribution in [2.45, 2.75) is 24.9 Å². The molecular weight excluding hydrogens is 214 g/mol. The van der Waals surface area contributed by atoms with E-state index in [9.17, 15) is 14.4 Å². The van der Waals surface area contributed by atoms with Gasteiger partial charge in [-0.15, -0.1) is 0 Å². The second-order valence-corrected chi connectivity index (χ2v) is 4.41. The lowest BCUT2D eigenvalue weighted by Gasteiger charge is -2.37. The molecule has 2 rings (SSSR count). The van der Waals surface area contributed by atoms with E-state index >= 15 is 0 Å². The van der Waals surface area contributed by atoms with Gasteiger partial charge in [-0.25, -0.2) is 0 Å². The van der Waals surface area contributed by atoms with Crippen molar-refractivity contribution in [3.63, 3.8) is 0 Å². The first-order chi connectivity index (χ1) is 7.45. The third-order valence-corrected chi connectivity index (χ3v) is 3.72. The van der Waals surface area contributed by atoms with E-state index in [1.54, 1.807) is 11.9 Å². The fraction of sp³-hybridized carbons (Fsp3) is 0.700. The first kappa shape index (κ1) is 11.1. The second-order valence-electron chi connectivity index (χ2n) is 4.41. The maximum absolute atomic E-state index is 11.8. The van der Waals surface area contributed by atoms with Crippen LogP contribution in [0.5, 0.6) is 0 Å². The summed E-state index contributed by atoms with van der Waals surface area (Å²) in [5.74, 6) is -5.46. The zero-order valence-electron chi connectivity index (χ0n) is 8.79. The van der Waals surface area contributed by atoms with Gasteiger partial charge < -0.3 is 10.2 Å². The van der Waals surface area contributed by atoms with Gasteiger partial charge in [0.05, 0.1) is 0 Å². The number of ketones is 1. The van der Waals surface area contributed by atoms with Gasteiger partial charge in [0.25, 0.3) is 0 Å². The van der Waals surface area contributed by atoms with Crippen LogP contribution in [0, 0.1) is 11.8 Å². The number of Topliss-reactive ketones (excluding diaryl/α,β-unsaturated/α-hetero) is 1. The standard InChI is InChI=1S/C10H13NO5/c1-11-4-2-3-5(11)7(10(15)16)8(12)6(4)9(13)14/h4-7H,2-3H2,1H3,(H,13,14)(H,15,16)/t4-,5+,6+,7-. The van der Waals surface area contributed by atoms with E-state index in [2.05, 4.69) is 0 Å². The molecule has 6 nitrogen and oxygen atoms in total. The highest BCUT2D eigenvalue weighted by Crippen LogP contribution is 2.39.